The Morgan fingerprint density at radius 3 is 2.83 bits per heavy atom. The minimum absolute atomic E-state index is 0.0131. The van der Waals surface area contributed by atoms with Gasteiger partial charge in [0.25, 0.3) is 5.91 Å². The van der Waals surface area contributed by atoms with Gasteiger partial charge in [-0.2, -0.15) is 0 Å². The Hall–Kier alpha value is -4.28. The number of hydrogen-bond acceptors (Lipinski definition) is 5. The number of halogens is 2. The molecule has 0 radical (unpaired) electrons. The smallest absolute Gasteiger partial charge is 0.269 e. The molecule has 11 heteroatoms. The van der Waals surface area contributed by atoms with Gasteiger partial charge in [0.1, 0.15) is 28.8 Å². The molecule has 1 saturated carbocycles. The lowest BCUT2D eigenvalue weighted by atomic mass is 9.90. The number of benzene rings is 1. The third-order valence-corrected chi connectivity index (χ3v) is 6.76. The lowest BCUT2D eigenvalue weighted by Gasteiger charge is -2.30. The van der Waals surface area contributed by atoms with Gasteiger partial charge in [0, 0.05) is 48.5 Å². The number of nitrogens with one attached hydrogen (secondary N) is 4. The highest BCUT2D eigenvalue weighted by molar-refractivity contribution is 5.97. The highest BCUT2D eigenvalue weighted by Crippen LogP contribution is 2.33. The van der Waals surface area contributed by atoms with Crippen molar-refractivity contribution in [1.29, 1.82) is 0 Å². The maximum Gasteiger partial charge on any atom is 0.269 e. The molecule has 2 atom stereocenters. The molecule has 6 rings (SSSR count). The van der Waals surface area contributed by atoms with Crippen molar-refractivity contribution in [2.45, 2.75) is 37.8 Å². The SMILES string of the molecule is Cn1ccc2c(N[C@H]3CCC[C@@H](NC(=O)c4cnc[nH]4)C3)nc(-c3c[nH]c4c(F)cc(F)cc34)nc21. The van der Waals surface area contributed by atoms with Crippen LogP contribution in [0.3, 0.4) is 0 Å². The van der Waals surface area contributed by atoms with Gasteiger partial charge in [-0.15, -0.1) is 0 Å². The van der Waals surface area contributed by atoms with Crippen LogP contribution in [0.5, 0.6) is 0 Å². The van der Waals surface area contributed by atoms with E-state index in [2.05, 4.69) is 25.6 Å². The van der Waals surface area contributed by atoms with Crippen molar-refractivity contribution in [2.75, 3.05) is 5.32 Å². The predicted octanol–water partition coefficient (Wildman–Crippen LogP) is 4.27. The molecular formula is C25H24F2N8O. The number of aromatic nitrogens is 6. The van der Waals surface area contributed by atoms with Crippen molar-refractivity contribution in [3.05, 3.63) is 60.4 Å². The lowest BCUT2D eigenvalue weighted by molar-refractivity contribution is 0.0922. The van der Waals surface area contributed by atoms with Crippen molar-refractivity contribution in [3.63, 3.8) is 0 Å². The van der Waals surface area contributed by atoms with Crippen molar-refractivity contribution in [2.24, 2.45) is 7.05 Å². The second kappa shape index (κ2) is 8.74. The minimum Gasteiger partial charge on any atom is -0.367 e. The van der Waals surface area contributed by atoms with Crippen molar-refractivity contribution in [3.8, 4) is 11.4 Å². The Balaban J connectivity index is 1.31. The van der Waals surface area contributed by atoms with Gasteiger partial charge in [0.2, 0.25) is 0 Å². The monoisotopic (exact) mass is 490 g/mol. The van der Waals surface area contributed by atoms with Gasteiger partial charge in [-0.1, -0.05) is 0 Å². The van der Waals surface area contributed by atoms with E-state index in [1.54, 1.807) is 6.20 Å². The van der Waals surface area contributed by atoms with Crippen LogP contribution in [0.25, 0.3) is 33.3 Å². The van der Waals surface area contributed by atoms with Gasteiger partial charge >= 0.3 is 0 Å². The van der Waals surface area contributed by atoms with Crippen LogP contribution >= 0.6 is 0 Å². The van der Waals surface area contributed by atoms with Crippen LogP contribution in [0.2, 0.25) is 0 Å². The largest absolute Gasteiger partial charge is 0.367 e. The molecule has 4 N–H and O–H groups in total. The van der Waals surface area contributed by atoms with Gasteiger partial charge in [0.15, 0.2) is 5.82 Å². The van der Waals surface area contributed by atoms with E-state index < -0.39 is 11.6 Å². The number of fused-ring (bicyclic) bond motifs is 2. The van der Waals surface area contributed by atoms with E-state index in [1.807, 2.05) is 23.9 Å². The first kappa shape index (κ1) is 22.2. The van der Waals surface area contributed by atoms with Crippen LogP contribution < -0.4 is 10.6 Å². The number of anilines is 1. The fraction of sp³-hybridized carbons (Fsp3) is 0.280. The minimum atomic E-state index is -0.667. The molecule has 1 fully saturated rings. The van der Waals surface area contributed by atoms with E-state index in [1.165, 1.54) is 18.6 Å². The molecule has 184 valence electrons. The summed E-state index contributed by atoms with van der Waals surface area (Å²) in [6.45, 7) is 0. The molecule has 1 aromatic carbocycles. The fourth-order valence-electron chi connectivity index (χ4n) is 5.00. The highest BCUT2D eigenvalue weighted by Gasteiger charge is 2.26. The van der Waals surface area contributed by atoms with Crippen LogP contribution in [-0.4, -0.2) is 47.5 Å². The first-order valence-electron chi connectivity index (χ1n) is 11.8. The highest BCUT2D eigenvalue weighted by atomic mass is 19.1. The first-order valence-corrected chi connectivity index (χ1v) is 11.8. The van der Waals surface area contributed by atoms with Gasteiger partial charge in [-0.3, -0.25) is 4.79 Å². The number of aromatic amines is 2. The predicted molar refractivity (Wildman–Crippen MR) is 131 cm³/mol. The second-order valence-corrected chi connectivity index (χ2v) is 9.22. The quantitative estimate of drug-likeness (QED) is 0.294. The van der Waals surface area contributed by atoms with Gasteiger partial charge < -0.3 is 25.2 Å². The van der Waals surface area contributed by atoms with E-state index in [0.717, 1.165) is 37.1 Å². The summed E-state index contributed by atoms with van der Waals surface area (Å²) in [4.78, 5) is 31.6. The van der Waals surface area contributed by atoms with E-state index in [4.69, 9.17) is 9.97 Å². The Morgan fingerprint density at radius 1 is 1.14 bits per heavy atom. The molecule has 0 spiro atoms. The number of nitrogens with zero attached hydrogens (tertiary/aromatic N) is 4. The number of H-pyrrole nitrogens is 2. The zero-order valence-electron chi connectivity index (χ0n) is 19.5. The number of hydrogen-bond donors (Lipinski definition) is 4. The lowest BCUT2D eigenvalue weighted by Crippen LogP contribution is -2.42. The summed E-state index contributed by atoms with van der Waals surface area (Å²) in [5.41, 5.74) is 1.86. The Morgan fingerprint density at radius 2 is 2.00 bits per heavy atom. The number of carbonyl (C=O) groups excluding carboxylic acids is 1. The van der Waals surface area contributed by atoms with Gasteiger partial charge in [-0.05, 0) is 37.8 Å². The molecule has 0 saturated heterocycles. The summed E-state index contributed by atoms with van der Waals surface area (Å²) < 4.78 is 30.2. The average Bonchev–Trinajstić information content (AvgIpc) is 3.60. The van der Waals surface area contributed by atoms with E-state index >= 15 is 0 Å². The van der Waals surface area contributed by atoms with Crippen LogP contribution in [0.15, 0.2) is 43.1 Å². The molecule has 9 nitrogen and oxygen atoms in total. The molecule has 1 amide bonds. The van der Waals surface area contributed by atoms with Crippen LogP contribution in [0.1, 0.15) is 36.2 Å². The zero-order valence-corrected chi connectivity index (χ0v) is 19.5. The number of amides is 1. The molecular weight excluding hydrogens is 466 g/mol. The third-order valence-electron chi connectivity index (χ3n) is 6.76. The Bertz CT molecular complexity index is 1570. The molecule has 0 aliphatic heterocycles. The first-order chi connectivity index (χ1) is 17.5. The number of imidazole rings is 1. The Labute approximate surface area is 204 Å². The summed E-state index contributed by atoms with van der Waals surface area (Å²) in [5.74, 6) is -0.494. The number of rotatable bonds is 5. The van der Waals surface area contributed by atoms with Crippen molar-refractivity contribution in [1.82, 2.24) is 34.8 Å². The average molecular weight is 491 g/mol. The number of aryl methyl sites for hydroxylation is 1. The maximum atomic E-state index is 14.3. The van der Waals surface area contributed by atoms with Gasteiger partial charge in [-0.25, -0.2) is 23.7 Å². The standard InChI is InChI=1S/C25H24F2N8O/c1-35-6-5-16-22(31-14-3-2-4-15(9-14)32-25(36)20-11-28-12-30-20)33-23(34-24(16)35)18-10-29-21-17(18)7-13(26)8-19(21)27/h5-8,10-12,14-15,29H,2-4,9H2,1H3,(H,28,30)(H,32,36)(H,31,33,34)/t14-,15+/m0/s1. The summed E-state index contributed by atoms with van der Waals surface area (Å²) in [5, 5.41) is 7.86. The van der Waals surface area contributed by atoms with Crippen LogP contribution in [-0.2, 0) is 7.05 Å². The molecule has 0 bridgehead atoms. The maximum absolute atomic E-state index is 14.3. The zero-order chi connectivity index (χ0) is 24.8. The van der Waals surface area contributed by atoms with Crippen LogP contribution in [0, 0.1) is 11.6 Å². The van der Waals surface area contributed by atoms with E-state index in [9.17, 15) is 13.6 Å². The second-order valence-electron chi connectivity index (χ2n) is 9.22. The Kier molecular flexibility index (Phi) is 5.39. The summed E-state index contributed by atoms with van der Waals surface area (Å²) in [6.07, 6.45) is 9.98. The molecule has 36 heavy (non-hydrogen) atoms. The summed E-state index contributed by atoms with van der Waals surface area (Å²) >= 11 is 0. The normalized spacial score (nSPS) is 18.1. The number of carbonyl (C=O) groups is 1. The van der Waals surface area contributed by atoms with Gasteiger partial charge in [0.05, 0.1) is 23.4 Å². The molecule has 1 aliphatic carbocycles. The molecule has 4 heterocycles. The van der Waals surface area contributed by atoms with E-state index in [-0.39, 0.29) is 23.5 Å². The van der Waals surface area contributed by atoms with Crippen molar-refractivity contribution >= 4 is 33.7 Å². The third kappa shape index (κ3) is 3.96. The van der Waals surface area contributed by atoms with Crippen LogP contribution in [0.4, 0.5) is 14.6 Å². The molecule has 1 aliphatic rings. The fourth-order valence-corrected chi connectivity index (χ4v) is 5.00. The molecule has 5 aromatic rings. The van der Waals surface area contributed by atoms with Crippen molar-refractivity contribution < 1.29 is 13.6 Å². The summed E-state index contributed by atoms with van der Waals surface area (Å²) in [7, 11) is 1.89. The summed E-state index contributed by atoms with van der Waals surface area (Å²) in [6, 6.07) is 4.16. The molecule has 4 aromatic heterocycles. The topological polar surface area (TPSA) is 116 Å². The van der Waals surface area contributed by atoms with E-state index in [0.29, 0.717) is 33.9 Å². The molecule has 0 unspecified atom stereocenters.